The zero-order valence-electron chi connectivity index (χ0n) is 12.2. The van der Waals surface area contributed by atoms with Crippen molar-refractivity contribution in [2.75, 3.05) is 6.54 Å². The van der Waals surface area contributed by atoms with Crippen LogP contribution in [0, 0.1) is 12.7 Å². The third-order valence-corrected chi connectivity index (χ3v) is 3.50. The van der Waals surface area contributed by atoms with Crippen LogP contribution in [-0.2, 0) is 6.42 Å². The summed E-state index contributed by atoms with van der Waals surface area (Å²) in [4.78, 5) is 19.4. The van der Waals surface area contributed by atoms with Gasteiger partial charge >= 0.3 is 0 Å². The van der Waals surface area contributed by atoms with E-state index in [0.29, 0.717) is 18.7 Å². The number of amides is 1. The van der Waals surface area contributed by atoms with E-state index < -0.39 is 0 Å². The second kappa shape index (κ2) is 5.97. The Morgan fingerprint density at radius 3 is 2.82 bits per heavy atom. The van der Waals surface area contributed by atoms with E-state index in [2.05, 4.69) is 15.3 Å². The number of carbonyl (C=O) groups excluding carboxylic acids is 1. The Kier molecular flexibility index (Phi) is 3.87. The van der Waals surface area contributed by atoms with Crippen LogP contribution < -0.4 is 5.32 Å². The summed E-state index contributed by atoms with van der Waals surface area (Å²) in [6.07, 6.45) is 2.38. The third-order valence-electron chi connectivity index (χ3n) is 3.50. The lowest BCUT2D eigenvalue weighted by Gasteiger charge is -2.04. The fourth-order valence-corrected chi connectivity index (χ4v) is 2.33. The first-order valence-electron chi connectivity index (χ1n) is 7.10. The molecule has 22 heavy (non-hydrogen) atoms. The van der Waals surface area contributed by atoms with Crippen LogP contribution in [0.25, 0.3) is 10.9 Å². The molecule has 5 heteroatoms. The molecule has 3 rings (SSSR count). The average Bonchev–Trinajstić information content (AvgIpc) is 2.92. The van der Waals surface area contributed by atoms with Crippen molar-refractivity contribution in [3.05, 3.63) is 65.4 Å². The predicted molar refractivity (Wildman–Crippen MR) is 83.3 cm³/mol. The van der Waals surface area contributed by atoms with Gasteiger partial charge in [-0.2, -0.15) is 0 Å². The molecule has 0 fully saturated rings. The maximum absolute atomic E-state index is 12.8. The van der Waals surface area contributed by atoms with E-state index in [0.717, 1.165) is 22.2 Å². The summed E-state index contributed by atoms with van der Waals surface area (Å²) in [6, 6.07) is 10.0. The molecule has 0 bridgehead atoms. The van der Waals surface area contributed by atoms with Crippen LogP contribution in [0.2, 0.25) is 0 Å². The number of nitrogens with zero attached hydrogens (tertiary/aromatic N) is 1. The lowest BCUT2D eigenvalue weighted by atomic mass is 10.1. The van der Waals surface area contributed by atoms with Crippen LogP contribution in [0.4, 0.5) is 4.39 Å². The Morgan fingerprint density at radius 1 is 1.27 bits per heavy atom. The maximum atomic E-state index is 12.8. The summed E-state index contributed by atoms with van der Waals surface area (Å²) in [6.45, 7) is 2.41. The van der Waals surface area contributed by atoms with Gasteiger partial charge in [0.05, 0.1) is 11.7 Å². The molecule has 0 saturated carbocycles. The number of aryl methyl sites for hydroxylation is 1. The van der Waals surface area contributed by atoms with Gasteiger partial charge in [0.25, 0.3) is 5.91 Å². The van der Waals surface area contributed by atoms with Gasteiger partial charge in [-0.3, -0.25) is 9.78 Å². The lowest BCUT2D eigenvalue weighted by molar-refractivity contribution is 0.0950. The number of hydrogen-bond donors (Lipinski definition) is 2. The number of carbonyl (C=O) groups is 1. The Labute approximate surface area is 127 Å². The second-order valence-corrected chi connectivity index (χ2v) is 5.23. The van der Waals surface area contributed by atoms with Crippen LogP contribution in [0.5, 0.6) is 0 Å². The van der Waals surface area contributed by atoms with Crippen molar-refractivity contribution < 1.29 is 9.18 Å². The molecular weight excluding hydrogens is 281 g/mol. The van der Waals surface area contributed by atoms with Gasteiger partial charge in [0.15, 0.2) is 0 Å². The zero-order chi connectivity index (χ0) is 15.5. The molecule has 0 aliphatic rings. The van der Waals surface area contributed by atoms with Crippen LogP contribution in [-0.4, -0.2) is 22.4 Å². The molecule has 3 aromatic rings. The number of H-pyrrole nitrogens is 1. The highest BCUT2D eigenvalue weighted by Gasteiger charge is 2.09. The van der Waals surface area contributed by atoms with Gasteiger partial charge < -0.3 is 10.3 Å². The minimum atomic E-state index is -0.255. The van der Waals surface area contributed by atoms with Crippen LogP contribution in [0.1, 0.15) is 21.7 Å². The van der Waals surface area contributed by atoms with Crippen molar-refractivity contribution in [1.82, 2.24) is 15.3 Å². The number of benzene rings is 1. The Balaban J connectivity index is 1.62. The van der Waals surface area contributed by atoms with Crippen molar-refractivity contribution in [1.29, 1.82) is 0 Å². The number of hydrogen-bond acceptors (Lipinski definition) is 2. The summed E-state index contributed by atoms with van der Waals surface area (Å²) in [5.74, 6) is -0.411. The third kappa shape index (κ3) is 3.14. The first-order valence-corrected chi connectivity index (χ1v) is 7.10. The fourth-order valence-electron chi connectivity index (χ4n) is 2.33. The summed E-state index contributed by atoms with van der Waals surface area (Å²) in [7, 11) is 0. The van der Waals surface area contributed by atoms with Gasteiger partial charge in [0.1, 0.15) is 11.5 Å². The molecule has 4 nitrogen and oxygen atoms in total. The number of halogens is 1. The SMILES string of the molecule is Cc1cc2cc(C(=O)NCCc3ccc(F)cc3)[nH]c2cn1. The van der Waals surface area contributed by atoms with Crippen LogP contribution in [0.3, 0.4) is 0 Å². The number of aromatic nitrogens is 2. The average molecular weight is 297 g/mol. The van der Waals surface area contributed by atoms with Gasteiger partial charge in [-0.05, 0) is 43.2 Å². The second-order valence-electron chi connectivity index (χ2n) is 5.23. The Morgan fingerprint density at radius 2 is 2.05 bits per heavy atom. The molecule has 1 amide bonds. The van der Waals surface area contributed by atoms with Gasteiger partial charge in [0, 0.05) is 17.6 Å². The fraction of sp³-hybridized carbons (Fsp3) is 0.176. The highest BCUT2D eigenvalue weighted by Crippen LogP contribution is 2.15. The molecule has 2 aromatic heterocycles. The topological polar surface area (TPSA) is 57.8 Å². The Hall–Kier alpha value is -2.69. The van der Waals surface area contributed by atoms with Gasteiger partial charge in [-0.1, -0.05) is 12.1 Å². The van der Waals surface area contributed by atoms with Gasteiger partial charge in [-0.15, -0.1) is 0 Å². The number of aromatic amines is 1. The molecule has 0 spiro atoms. The molecule has 0 aliphatic heterocycles. The molecule has 0 atom stereocenters. The van der Waals surface area contributed by atoms with E-state index >= 15 is 0 Å². The smallest absolute Gasteiger partial charge is 0.267 e. The van der Waals surface area contributed by atoms with Crippen molar-refractivity contribution in [3.63, 3.8) is 0 Å². The first-order chi connectivity index (χ1) is 10.6. The molecular formula is C17H16FN3O. The minimum Gasteiger partial charge on any atom is -0.350 e. The minimum absolute atomic E-state index is 0.157. The van der Waals surface area contributed by atoms with Gasteiger partial charge in [0.2, 0.25) is 0 Å². The molecule has 0 saturated heterocycles. The molecule has 2 heterocycles. The molecule has 1 aromatic carbocycles. The van der Waals surface area contributed by atoms with Crippen molar-refractivity contribution >= 4 is 16.8 Å². The molecule has 112 valence electrons. The van der Waals surface area contributed by atoms with E-state index in [1.54, 1.807) is 18.3 Å². The Bertz CT molecular complexity index is 808. The van der Waals surface area contributed by atoms with Crippen molar-refractivity contribution in [3.8, 4) is 0 Å². The van der Waals surface area contributed by atoms with E-state index in [9.17, 15) is 9.18 Å². The number of pyridine rings is 1. The molecule has 0 radical (unpaired) electrons. The summed E-state index contributed by atoms with van der Waals surface area (Å²) >= 11 is 0. The summed E-state index contributed by atoms with van der Waals surface area (Å²) in [5.41, 5.74) is 3.25. The van der Waals surface area contributed by atoms with Crippen molar-refractivity contribution in [2.24, 2.45) is 0 Å². The van der Waals surface area contributed by atoms with Crippen molar-refractivity contribution in [2.45, 2.75) is 13.3 Å². The summed E-state index contributed by atoms with van der Waals surface area (Å²) in [5, 5.41) is 3.82. The van der Waals surface area contributed by atoms with E-state index in [-0.39, 0.29) is 11.7 Å². The predicted octanol–water partition coefficient (Wildman–Crippen LogP) is 2.98. The molecule has 0 aliphatic carbocycles. The normalized spacial score (nSPS) is 10.8. The van der Waals surface area contributed by atoms with Crippen LogP contribution in [0.15, 0.2) is 42.6 Å². The summed E-state index contributed by atoms with van der Waals surface area (Å²) < 4.78 is 12.8. The maximum Gasteiger partial charge on any atom is 0.267 e. The quantitative estimate of drug-likeness (QED) is 0.778. The monoisotopic (exact) mass is 297 g/mol. The molecule has 2 N–H and O–H groups in total. The van der Waals surface area contributed by atoms with Gasteiger partial charge in [-0.25, -0.2) is 4.39 Å². The van der Waals surface area contributed by atoms with Crippen LogP contribution >= 0.6 is 0 Å². The number of rotatable bonds is 4. The lowest BCUT2D eigenvalue weighted by Crippen LogP contribution is -2.25. The highest BCUT2D eigenvalue weighted by atomic mass is 19.1. The largest absolute Gasteiger partial charge is 0.350 e. The molecule has 0 unspecified atom stereocenters. The van der Waals surface area contributed by atoms with E-state index in [1.807, 2.05) is 19.1 Å². The van der Waals surface area contributed by atoms with E-state index in [1.165, 1.54) is 12.1 Å². The zero-order valence-corrected chi connectivity index (χ0v) is 12.2. The standard InChI is InChI=1S/C17H16FN3O/c1-11-8-13-9-15(21-16(13)10-20-11)17(22)19-7-6-12-2-4-14(18)5-3-12/h2-5,8-10,21H,6-7H2,1H3,(H,19,22). The first kappa shape index (κ1) is 14.3. The highest BCUT2D eigenvalue weighted by molar-refractivity contribution is 5.97. The van der Waals surface area contributed by atoms with E-state index in [4.69, 9.17) is 0 Å². The number of nitrogens with one attached hydrogen (secondary N) is 2. The number of fused-ring (bicyclic) bond motifs is 1.